The van der Waals surface area contributed by atoms with E-state index in [1.54, 1.807) is 12.1 Å². The first-order chi connectivity index (χ1) is 14.7. The molecule has 3 aliphatic heterocycles. The highest BCUT2D eigenvalue weighted by atomic mass is 127. The van der Waals surface area contributed by atoms with E-state index in [-0.39, 0.29) is 35.3 Å². The summed E-state index contributed by atoms with van der Waals surface area (Å²) in [6.07, 6.45) is 6.93. The normalized spacial score (nSPS) is 24.5. The van der Waals surface area contributed by atoms with Crippen LogP contribution in [0.4, 0.5) is 10.1 Å². The molecule has 31 heavy (non-hydrogen) atoms. The van der Waals surface area contributed by atoms with E-state index >= 15 is 0 Å². The second kappa shape index (κ2) is 11.7. The molecule has 174 valence electrons. The minimum absolute atomic E-state index is 0. The van der Waals surface area contributed by atoms with Crippen LogP contribution in [0.1, 0.15) is 38.5 Å². The van der Waals surface area contributed by atoms with Gasteiger partial charge in [0, 0.05) is 57.2 Å². The van der Waals surface area contributed by atoms with Crippen molar-refractivity contribution in [2.24, 2.45) is 4.99 Å². The maximum atomic E-state index is 13.6. The maximum Gasteiger partial charge on any atom is 0.191 e. The lowest BCUT2D eigenvalue weighted by atomic mass is 9.88. The van der Waals surface area contributed by atoms with Crippen molar-refractivity contribution >= 4 is 35.6 Å². The van der Waals surface area contributed by atoms with Crippen molar-refractivity contribution in [2.75, 3.05) is 57.9 Å². The van der Waals surface area contributed by atoms with Crippen LogP contribution in [0.15, 0.2) is 29.3 Å². The number of benzene rings is 1. The second-order valence-electron chi connectivity index (χ2n) is 8.87. The van der Waals surface area contributed by atoms with Gasteiger partial charge in [-0.05, 0) is 69.8 Å². The first-order valence-corrected chi connectivity index (χ1v) is 11.5. The molecule has 8 heteroatoms. The molecule has 6 nitrogen and oxygen atoms in total. The zero-order valence-corrected chi connectivity index (χ0v) is 20.9. The van der Waals surface area contributed by atoms with Gasteiger partial charge in [0.05, 0.1) is 0 Å². The molecule has 0 aromatic heterocycles. The number of piperidine rings is 1. The number of nitrogens with one attached hydrogen (secondary N) is 2. The highest BCUT2D eigenvalue weighted by molar-refractivity contribution is 14.0. The molecule has 1 aromatic carbocycles. The Kier molecular flexibility index (Phi) is 9.21. The van der Waals surface area contributed by atoms with Gasteiger partial charge in [-0.25, -0.2) is 4.39 Å². The maximum absolute atomic E-state index is 13.6. The standard InChI is InChI=1S/C23H36FN5O.HI/c1-25-22(26-18-23(9-14-30-15-10-23)29-12-2-3-13-29)27-20-7-5-11-28(17-20)21-8-4-6-19(24)16-21;/h4,6,8,16,20H,2-3,5,7,9-15,17-18H2,1H3,(H2,25,26,27);1H. The lowest BCUT2D eigenvalue weighted by Gasteiger charge is -2.45. The third kappa shape index (κ3) is 6.22. The molecule has 0 bridgehead atoms. The van der Waals surface area contributed by atoms with Gasteiger partial charge in [0.15, 0.2) is 5.96 Å². The summed E-state index contributed by atoms with van der Waals surface area (Å²) < 4.78 is 19.3. The van der Waals surface area contributed by atoms with E-state index in [0.717, 1.165) is 70.2 Å². The molecule has 3 heterocycles. The number of aliphatic imine (C=N–C) groups is 1. The van der Waals surface area contributed by atoms with Gasteiger partial charge in [-0.2, -0.15) is 0 Å². The highest BCUT2D eigenvalue weighted by Crippen LogP contribution is 2.30. The van der Waals surface area contributed by atoms with Crippen molar-refractivity contribution in [2.45, 2.75) is 50.1 Å². The molecule has 1 atom stereocenters. The SMILES string of the molecule is CN=C(NCC1(N2CCCC2)CCOCC1)NC1CCCN(c2cccc(F)c2)C1.I. The minimum Gasteiger partial charge on any atom is -0.381 e. The summed E-state index contributed by atoms with van der Waals surface area (Å²) in [4.78, 5) is 9.44. The number of guanidine groups is 1. The topological polar surface area (TPSA) is 52.1 Å². The molecule has 3 fully saturated rings. The fraction of sp³-hybridized carbons (Fsp3) is 0.696. The predicted molar refractivity (Wildman–Crippen MR) is 135 cm³/mol. The van der Waals surface area contributed by atoms with Crippen LogP contribution in [0, 0.1) is 5.82 Å². The van der Waals surface area contributed by atoms with Crippen LogP contribution >= 0.6 is 24.0 Å². The molecule has 4 rings (SSSR count). The van der Waals surface area contributed by atoms with E-state index in [1.165, 1.54) is 32.0 Å². The van der Waals surface area contributed by atoms with Gasteiger partial charge in [0.25, 0.3) is 0 Å². The van der Waals surface area contributed by atoms with Gasteiger partial charge in [-0.15, -0.1) is 24.0 Å². The monoisotopic (exact) mass is 545 g/mol. The number of anilines is 1. The first-order valence-electron chi connectivity index (χ1n) is 11.5. The zero-order valence-electron chi connectivity index (χ0n) is 18.6. The Morgan fingerprint density at radius 3 is 2.68 bits per heavy atom. The largest absolute Gasteiger partial charge is 0.381 e. The molecule has 1 aromatic rings. The fourth-order valence-electron chi connectivity index (χ4n) is 5.19. The number of likely N-dealkylation sites (tertiary alicyclic amines) is 1. The van der Waals surface area contributed by atoms with E-state index in [0.29, 0.717) is 6.04 Å². The molecule has 3 saturated heterocycles. The lowest BCUT2D eigenvalue weighted by Crippen LogP contribution is -2.60. The smallest absolute Gasteiger partial charge is 0.191 e. The van der Waals surface area contributed by atoms with Crippen molar-refractivity contribution in [3.63, 3.8) is 0 Å². The quantitative estimate of drug-likeness (QED) is 0.338. The van der Waals surface area contributed by atoms with Crippen LogP contribution in [0.2, 0.25) is 0 Å². The van der Waals surface area contributed by atoms with Gasteiger partial charge in [0.2, 0.25) is 0 Å². The van der Waals surface area contributed by atoms with Gasteiger partial charge >= 0.3 is 0 Å². The van der Waals surface area contributed by atoms with Crippen LogP contribution in [-0.2, 0) is 4.74 Å². The molecule has 0 spiro atoms. The van der Waals surface area contributed by atoms with Crippen molar-refractivity contribution in [1.29, 1.82) is 0 Å². The summed E-state index contributed by atoms with van der Waals surface area (Å²) in [5.74, 6) is 0.690. The molecule has 3 aliphatic rings. The molecule has 0 amide bonds. The Hall–Kier alpha value is -1.13. The third-order valence-electron chi connectivity index (χ3n) is 6.94. The number of hydrogen-bond acceptors (Lipinski definition) is 4. The minimum atomic E-state index is -0.177. The van der Waals surface area contributed by atoms with E-state index in [4.69, 9.17) is 4.74 Å². The van der Waals surface area contributed by atoms with Gasteiger partial charge < -0.3 is 20.3 Å². The Morgan fingerprint density at radius 2 is 1.97 bits per heavy atom. The number of nitrogens with zero attached hydrogens (tertiary/aromatic N) is 3. The Bertz CT molecular complexity index is 722. The number of hydrogen-bond donors (Lipinski definition) is 2. The number of ether oxygens (including phenoxy) is 1. The van der Waals surface area contributed by atoms with Crippen molar-refractivity contribution in [1.82, 2.24) is 15.5 Å². The third-order valence-corrected chi connectivity index (χ3v) is 6.94. The predicted octanol–water partition coefficient (Wildman–Crippen LogP) is 3.22. The number of rotatable bonds is 5. The summed E-state index contributed by atoms with van der Waals surface area (Å²) in [6, 6.07) is 7.20. The Labute approximate surface area is 203 Å². The van der Waals surface area contributed by atoms with Crippen LogP contribution in [0.3, 0.4) is 0 Å². The van der Waals surface area contributed by atoms with Gasteiger partial charge in [-0.3, -0.25) is 9.89 Å². The van der Waals surface area contributed by atoms with Crippen molar-refractivity contribution in [3.8, 4) is 0 Å². The molecular formula is C23H37FIN5O. The Balaban J connectivity index is 0.00000272. The molecule has 2 N–H and O–H groups in total. The summed E-state index contributed by atoms with van der Waals surface area (Å²) >= 11 is 0. The van der Waals surface area contributed by atoms with Crippen LogP contribution < -0.4 is 15.5 Å². The average molecular weight is 545 g/mol. The first kappa shape index (κ1) is 24.5. The molecule has 1 unspecified atom stereocenters. The summed E-state index contributed by atoms with van der Waals surface area (Å²) in [5, 5.41) is 7.25. The van der Waals surface area contributed by atoms with Gasteiger partial charge in [-0.1, -0.05) is 6.07 Å². The van der Waals surface area contributed by atoms with E-state index in [9.17, 15) is 4.39 Å². The van der Waals surface area contributed by atoms with Crippen LogP contribution in [0.5, 0.6) is 0 Å². The summed E-state index contributed by atoms with van der Waals surface area (Å²) in [7, 11) is 1.84. The lowest BCUT2D eigenvalue weighted by molar-refractivity contribution is -0.0164. The van der Waals surface area contributed by atoms with E-state index < -0.39 is 0 Å². The molecular weight excluding hydrogens is 508 g/mol. The van der Waals surface area contributed by atoms with E-state index in [2.05, 4.69) is 25.4 Å². The Morgan fingerprint density at radius 1 is 1.19 bits per heavy atom. The van der Waals surface area contributed by atoms with Gasteiger partial charge in [0.1, 0.15) is 5.82 Å². The van der Waals surface area contributed by atoms with Crippen molar-refractivity contribution < 1.29 is 9.13 Å². The van der Waals surface area contributed by atoms with Crippen LogP contribution in [0.25, 0.3) is 0 Å². The van der Waals surface area contributed by atoms with Crippen LogP contribution in [-0.4, -0.2) is 75.4 Å². The zero-order chi connectivity index (χ0) is 20.8. The highest BCUT2D eigenvalue weighted by Gasteiger charge is 2.39. The second-order valence-corrected chi connectivity index (χ2v) is 8.87. The summed E-state index contributed by atoms with van der Waals surface area (Å²) in [6.45, 7) is 6.79. The van der Waals surface area contributed by atoms with E-state index in [1.807, 2.05) is 13.1 Å². The molecule has 0 saturated carbocycles. The fourth-order valence-corrected chi connectivity index (χ4v) is 5.19. The van der Waals surface area contributed by atoms with Crippen molar-refractivity contribution in [3.05, 3.63) is 30.1 Å². The summed E-state index contributed by atoms with van der Waals surface area (Å²) in [5.41, 5.74) is 1.13. The average Bonchev–Trinajstić information content (AvgIpc) is 3.33. The number of halogens is 2. The molecule has 0 aliphatic carbocycles. The molecule has 0 radical (unpaired) electrons.